The van der Waals surface area contributed by atoms with Crippen LogP contribution in [0.3, 0.4) is 0 Å². The van der Waals surface area contributed by atoms with Crippen molar-refractivity contribution in [2.75, 3.05) is 0 Å². The Morgan fingerprint density at radius 3 is 2.14 bits per heavy atom. The van der Waals surface area contributed by atoms with E-state index in [0.717, 1.165) is 12.8 Å². The van der Waals surface area contributed by atoms with Crippen molar-refractivity contribution in [2.24, 2.45) is 0 Å². The molecule has 0 spiro atoms. The van der Waals surface area contributed by atoms with Gasteiger partial charge in [0.15, 0.2) is 0 Å². The van der Waals surface area contributed by atoms with E-state index in [1.165, 1.54) is 44.9 Å². The lowest BCUT2D eigenvalue weighted by Crippen LogP contribution is -2.14. The molecule has 0 radical (unpaired) electrons. The second kappa shape index (κ2) is 11.4. The molecule has 0 aliphatic rings. The Kier molecular flexibility index (Phi) is 9.60. The molecule has 1 atom stereocenters. The van der Waals surface area contributed by atoms with Gasteiger partial charge in [-0.1, -0.05) is 70.1 Å². The molecule has 1 aromatic carbocycles. The fourth-order valence-corrected chi connectivity index (χ4v) is 2.45. The number of carbonyl (C=O) groups excluding carboxylic acids is 1. The second-order valence-corrected chi connectivity index (χ2v) is 5.85. The van der Waals surface area contributed by atoms with E-state index in [-0.39, 0.29) is 12.1 Å². The molecule has 0 heterocycles. The third kappa shape index (κ3) is 8.54. The van der Waals surface area contributed by atoms with E-state index < -0.39 is 0 Å². The van der Waals surface area contributed by atoms with Crippen molar-refractivity contribution < 1.29 is 9.53 Å². The molecule has 0 aromatic heterocycles. The smallest absolute Gasteiger partial charge is 0.338 e. The van der Waals surface area contributed by atoms with Crippen LogP contribution in [0.25, 0.3) is 0 Å². The molecule has 0 N–H and O–H groups in total. The predicted octanol–water partition coefficient (Wildman–Crippen LogP) is 5.76. The van der Waals surface area contributed by atoms with E-state index in [1.807, 2.05) is 25.1 Å². The van der Waals surface area contributed by atoms with Crippen molar-refractivity contribution in [3.63, 3.8) is 0 Å². The molecule has 1 aromatic rings. The highest BCUT2D eigenvalue weighted by Gasteiger charge is 2.10. The lowest BCUT2D eigenvalue weighted by molar-refractivity contribution is 0.0319. The van der Waals surface area contributed by atoms with Crippen LogP contribution < -0.4 is 0 Å². The standard InChI is InChI=1S/C19H30O2/c1-3-4-5-6-7-8-9-11-14-17(2)21-19(20)18-15-12-10-13-16-18/h10,12-13,15-17H,3-9,11,14H2,1-2H3. The Morgan fingerprint density at radius 2 is 1.52 bits per heavy atom. The number of unbranched alkanes of at least 4 members (excludes halogenated alkanes) is 7. The van der Waals surface area contributed by atoms with Gasteiger partial charge in [-0.2, -0.15) is 0 Å². The lowest BCUT2D eigenvalue weighted by atomic mass is 10.1. The van der Waals surface area contributed by atoms with Crippen molar-refractivity contribution in [2.45, 2.75) is 77.7 Å². The van der Waals surface area contributed by atoms with E-state index >= 15 is 0 Å². The van der Waals surface area contributed by atoms with Crippen LogP contribution in [0.1, 0.15) is 82.0 Å². The molecule has 2 heteroatoms. The van der Waals surface area contributed by atoms with E-state index in [2.05, 4.69) is 6.92 Å². The first kappa shape index (κ1) is 17.7. The zero-order valence-electron chi connectivity index (χ0n) is 13.6. The van der Waals surface area contributed by atoms with E-state index in [4.69, 9.17) is 4.74 Å². The molecular formula is C19H30O2. The molecule has 0 saturated carbocycles. The minimum Gasteiger partial charge on any atom is -0.459 e. The minimum atomic E-state index is -0.206. The van der Waals surface area contributed by atoms with Gasteiger partial charge in [-0.25, -0.2) is 4.79 Å². The zero-order valence-corrected chi connectivity index (χ0v) is 13.6. The zero-order chi connectivity index (χ0) is 15.3. The summed E-state index contributed by atoms with van der Waals surface area (Å²) >= 11 is 0. The summed E-state index contributed by atoms with van der Waals surface area (Å²) in [4.78, 5) is 11.9. The Morgan fingerprint density at radius 1 is 0.952 bits per heavy atom. The molecule has 0 bridgehead atoms. The van der Waals surface area contributed by atoms with Gasteiger partial charge < -0.3 is 4.74 Å². The van der Waals surface area contributed by atoms with Gasteiger partial charge >= 0.3 is 5.97 Å². The first-order valence-electron chi connectivity index (χ1n) is 8.50. The Hall–Kier alpha value is -1.31. The molecule has 118 valence electrons. The third-order valence-corrected chi connectivity index (χ3v) is 3.78. The second-order valence-electron chi connectivity index (χ2n) is 5.85. The fourth-order valence-electron chi connectivity index (χ4n) is 2.45. The van der Waals surface area contributed by atoms with Gasteiger partial charge in [-0.3, -0.25) is 0 Å². The van der Waals surface area contributed by atoms with Crippen molar-refractivity contribution in [1.82, 2.24) is 0 Å². The topological polar surface area (TPSA) is 26.3 Å². The minimum absolute atomic E-state index is 0.0118. The van der Waals surface area contributed by atoms with Gasteiger partial charge in [-0.15, -0.1) is 0 Å². The van der Waals surface area contributed by atoms with E-state index in [1.54, 1.807) is 12.1 Å². The van der Waals surface area contributed by atoms with Gasteiger partial charge in [0.05, 0.1) is 11.7 Å². The third-order valence-electron chi connectivity index (χ3n) is 3.78. The molecule has 1 unspecified atom stereocenters. The van der Waals surface area contributed by atoms with E-state index in [9.17, 15) is 4.79 Å². The van der Waals surface area contributed by atoms with Gasteiger partial charge in [0.25, 0.3) is 0 Å². The van der Waals surface area contributed by atoms with Crippen LogP contribution in [0.15, 0.2) is 30.3 Å². The number of benzene rings is 1. The normalized spacial score (nSPS) is 12.1. The van der Waals surface area contributed by atoms with Gasteiger partial charge in [0.1, 0.15) is 0 Å². The predicted molar refractivity (Wildman–Crippen MR) is 88.5 cm³/mol. The van der Waals surface area contributed by atoms with Gasteiger partial charge in [0.2, 0.25) is 0 Å². The first-order chi connectivity index (χ1) is 10.2. The van der Waals surface area contributed by atoms with Crippen LogP contribution in [0.5, 0.6) is 0 Å². The maximum Gasteiger partial charge on any atom is 0.338 e. The molecular weight excluding hydrogens is 260 g/mol. The highest BCUT2D eigenvalue weighted by atomic mass is 16.5. The average Bonchev–Trinajstić information content (AvgIpc) is 2.50. The lowest BCUT2D eigenvalue weighted by Gasteiger charge is -2.13. The van der Waals surface area contributed by atoms with Crippen LogP contribution >= 0.6 is 0 Å². The molecule has 21 heavy (non-hydrogen) atoms. The molecule has 0 aliphatic heterocycles. The summed E-state index contributed by atoms with van der Waals surface area (Å²) < 4.78 is 5.46. The molecule has 0 amide bonds. The SMILES string of the molecule is CCCCCCCCCCC(C)OC(=O)c1ccccc1. The van der Waals surface area contributed by atoms with Crippen LogP contribution in [0, 0.1) is 0 Å². The quantitative estimate of drug-likeness (QED) is 0.382. The Balaban J connectivity index is 2.04. The number of carbonyl (C=O) groups is 1. The van der Waals surface area contributed by atoms with Crippen LogP contribution in [-0.2, 0) is 4.74 Å². The average molecular weight is 290 g/mol. The fraction of sp³-hybridized carbons (Fsp3) is 0.632. The molecule has 0 saturated heterocycles. The van der Waals surface area contributed by atoms with Gasteiger partial charge in [-0.05, 0) is 31.9 Å². The van der Waals surface area contributed by atoms with E-state index in [0.29, 0.717) is 5.56 Å². The van der Waals surface area contributed by atoms with Crippen molar-refractivity contribution >= 4 is 5.97 Å². The summed E-state index contributed by atoms with van der Waals surface area (Å²) in [6, 6.07) is 9.22. The van der Waals surface area contributed by atoms with Crippen LogP contribution in [0.2, 0.25) is 0 Å². The summed E-state index contributed by atoms with van der Waals surface area (Å²) in [7, 11) is 0. The Labute approximate surface area is 129 Å². The summed E-state index contributed by atoms with van der Waals surface area (Å²) in [6.45, 7) is 4.24. The van der Waals surface area contributed by atoms with Crippen LogP contribution in [-0.4, -0.2) is 12.1 Å². The maximum atomic E-state index is 11.9. The monoisotopic (exact) mass is 290 g/mol. The summed E-state index contributed by atoms with van der Waals surface area (Å²) in [5.41, 5.74) is 0.639. The largest absolute Gasteiger partial charge is 0.459 e. The molecule has 2 nitrogen and oxygen atoms in total. The summed E-state index contributed by atoms with van der Waals surface area (Å²) in [5, 5.41) is 0. The summed E-state index contributed by atoms with van der Waals surface area (Å²) in [5.74, 6) is -0.206. The number of hydrogen-bond acceptors (Lipinski definition) is 2. The Bertz CT molecular complexity index is 372. The maximum absolute atomic E-state index is 11.9. The van der Waals surface area contributed by atoms with Gasteiger partial charge in [0, 0.05) is 0 Å². The highest BCUT2D eigenvalue weighted by Crippen LogP contribution is 2.13. The van der Waals surface area contributed by atoms with Crippen molar-refractivity contribution in [3.8, 4) is 0 Å². The highest BCUT2D eigenvalue weighted by molar-refractivity contribution is 5.89. The number of hydrogen-bond donors (Lipinski definition) is 0. The summed E-state index contributed by atoms with van der Waals surface area (Å²) in [6.07, 6.45) is 11.5. The molecule has 0 aliphatic carbocycles. The molecule has 0 fully saturated rings. The first-order valence-corrected chi connectivity index (χ1v) is 8.50. The number of ether oxygens (including phenoxy) is 1. The van der Waals surface area contributed by atoms with Crippen molar-refractivity contribution in [1.29, 1.82) is 0 Å². The number of esters is 1. The van der Waals surface area contributed by atoms with Crippen LogP contribution in [0.4, 0.5) is 0 Å². The number of rotatable bonds is 11. The van der Waals surface area contributed by atoms with Crippen molar-refractivity contribution in [3.05, 3.63) is 35.9 Å². The molecule has 1 rings (SSSR count).